The lowest BCUT2D eigenvalue weighted by Crippen LogP contribution is -1.93. The molecule has 7 heteroatoms. The average molecular weight is 385 g/mol. The molecular weight excluding hydrogens is 369 g/mol. The highest BCUT2D eigenvalue weighted by Crippen LogP contribution is 2.24. The topological polar surface area (TPSA) is 61.3 Å². The third-order valence-electron chi connectivity index (χ3n) is 3.25. The molecular formula is C18H16Cl2F2N2O. The van der Waals surface area contributed by atoms with E-state index < -0.39 is 11.6 Å². The molecule has 0 aliphatic carbocycles. The second-order valence-corrected chi connectivity index (χ2v) is 5.95. The minimum atomic E-state index is -0.552. The van der Waals surface area contributed by atoms with Gasteiger partial charge in [0.05, 0.1) is 34.6 Å². The van der Waals surface area contributed by atoms with Crippen molar-refractivity contribution in [2.24, 2.45) is 0 Å². The molecule has 4 N–H and O–H groups in total. The number of hydrogen-bond acceptors (Lipinski definition) is 3. The molecule has 0 atom stereocenters. The molecule has 0 saturated heterocycles. The van der Waals surface area contributed by atoms with Crippen LogP contribution in [0.4, 0.5) is 20.2 Å². The van der Waals surface area contributed by atoms with E-state index in [1.165, 1.54) is 12.1 Å². The van der Waals surface area contributed by atoms with Crippen LogP contribution in [0.15, 0.2) is 36.4 Å². The minimum Gasteiger partial charge on any atom is -0.396 e. The van der Waals surface area contributed by atoms with Gasteiger partial charge >= 0.3 is 0 Å². The Morgan fingerprint density at radius 2 is 1.20 bits per heavy atom. The van der Waals surface area contributed by atoms with Crippen molar-refractivity contribution in [3.8, 4) is 0 Å². The van der Waals surface area contributed by atoms with Gasteiger partial charge in [-0.25, -0.2) is 8.78 Å². The molecule has 0 amide bonds. The highest BCUT2D eigenvalue weighted by Gasteiger charge is 2.04. The van der Waals surface area contributed by atoms with E-state index in [0.717, 1.165) is 12.1 Å². The van der Waals surface area contributed by atoms with Crippen LogP contribution in [0.1, 0.15) is 11.1 Å². The summed E-state index contributed by atoms with van der Waals surface area (Å²) in [7, 11) is 0. The van der Waals surface area contributed by atoms with Crippen LogP contribution in [0, 0.1) is 11.6 Å². The maximum atomic E-state index is 13.2. The normalized spacial score (nSPS) is 11.7. The summed E-state index contributed by atoms with van der Waals surface area (Å²) >= 11 is 11.8. The first-order valence-electron chi connectivity index (χ1n) is 7.28. The van der Waals surface area contributed by atoms with Gasteiger partial charge in [-0.05, 0) is 35.4 Å². The number of rotatable bonds is 6. The van der Waals surface area contributed by atoms with Gasteiger partial charge in [0, 0.05) is 0 Å². The number of nitrogens with two attached hydrogens (primary N) is 2. The summed E-state index contributed by atoms with van der Waals surface area (Å²) in [6.45, 7) is 0.633. The fourth-order valence-electron chi connectivity index (χ4n) is 1.98. The number of anilines is 2. The molecule has 132 valence electrons. The van der Waals surface area contributed by atoms with Crippen LogP contribution in [0.25, 0.3) is 12.2 Å². The maximum absolute atomic E-state index is 13.2. The molecule has 0 unspecified atom stereocenters. The van der Waals surface area contributed by atoms with Crippen molar-refractivity contribution >= 4 is 46.7 Å². The van der Waals surface area contributed by atoms with E-state index in [0.29, 0.717) is 24.3 Å². The van der Waals surface area contributed by atoms with Crippen LogP contribution in [0.5, 0.6) is 0 Å². The molecule has 0 saturated carbocycles. The average Bonchev–Trinajstić information content (AvgIpc) is 2.55. The Labute approximate surface area is 154 Å². The zero-order valence-corrected chi connectivity index (χ0v) is 14.6. The van der Waals surface area contributed by atoms with Crippen LogP contribution >= 0.6 is 23.2 Å². The Morgan fingerprint density at radius 1 is 0.800 bits per heavy atom. The summed E-state index contributed by atoms with van der Waals surface area (Å²) in [5, 5.41) is 0.540. The second kappa shape index (κ2) is 8.85. The summed E-state index contributed by atoms with van der Waals surface area (Å²) in [6.07, 6.45) is 6.85. The predicted octanol–water partition coefficient (Wildman–Crippen LogP) is 5.18. The Morgan fingerprint density at radius 3 is 1.60 bits per heavy atom. The molecule has 2 aromatic rings. The molecule has 2 aromatic carbocycles. The van der Waals surface area contributed by atoms with E-state index in [1.807, 2.05) is 0 Å². The van der Waals surface area contributed by atoms with Gasteiger partial charge in [-0.2, -0.15) is 0 Å². The first kappa shape index (κ1) is 19.2. The third-order valence-corrected chi connectivity index (χ3v) is 3.91. The van der Waals surface area contributed by atoms with Gasteiger partial charge in [-0.1, -0.05) is 47.5 Å². The van der Waals surface area contributed by atoms with Crippen molar-refractivity contribution in [2.45, 2.75) is 0 Å². The van der Waals surface area contributed by atoms with Crippen molar-refractivity contribution in [3.63, 3.8) is 0 Å². The Balaban J connectivity index is 1.84. The minimum absolute atomic E-state index is 0.0309. The first-order valence-corrected chi connectivity index (χ1v) is 8.04. The molecule has 0 bridgehead atoms. The van der Waals surface area contributed by atoms with Crippen LogP contribution in [-0.4, -0.2) is 13.2 Å². The zero-order chi connectivity index (χ0) is 18.4. The van der Waals surface area contributed by atoms with E-state index in [4.69, 9.17) is 39.4 Å². The van der Waals surface area contributed by atoms with Gasteiger partial charge in [0.15, 0.2) is 0 Å². The van der Waals surface area contributed by atoms with Crippen molar-refractivity contribution in [1.29, 1.82) is 0 Å². The standard InChI is InChI=1S/C18H16Cl2F2N2O/c19-13-9-15(21)17(23)7-11(13)3-1-5-25-6-2-4-12-8-18(24)16(22)10-14(12)20/h1-4,7-10H,5-6,23-24H2. The molecule has 0 radical (unpaired) electrons. The van der Waals surface area contributed by atoms with Crippen molar-refractivity contribution < 1.29 is 13.5 Å². The van der Waals surface area contributed by atoms with Crippen molar-refractivity contribution in [2.75, 3.05) is 24.7 Å². The SMILES string of the molecule is Nc1cc(C=CCOCC=Cc2cc(N)c(F)cc2Cl)c(Cl)cc1F. The summed E-state index contributed by atoms with van der Waals surface area (Å²) in [4.78, 5) is 0. The Kier molecular flexibility index (Phi) is 6.82. The number of benzene rings is 2. The van der Waals surface area contributed by atoms with Crippen LogP contribution in [0.3, 0.4) is 0 Å². The smallest absolute Gasteiger partial charge is 0.147 e. The zero-order valence-electron chi connectivity index (χ0n) is 13.1. The number of nitrogen functional groups attached to an aromatic ring is 2. The molecule has 3 nitrogen and oxygen atoms in total. The highest BCUT2D eigenvalue weighted by atomic mass is 35.5. The fraction of sp³-hybridized carbons (Fsp3) is 0.111. The largest absolute Gasteiger partial charge is 0.396 e. The van der Waals surface area contributed by atoms with E-state index >= 15 is 0 Å². The van der Waals surface area contributed by atoms with Crippen LogP contribution in [0.2, 0.25) is 10.0 Å². The van der Waals surface area contributed by atoms with E-state index in [-0.39, 0.29) is 21.4 Å². The first-order chi connectivity index (χ1) is 11.9. The predicted molar refractivity (Wildman–Crippen MR) is 101 cm³/mol. The number of hydrogen-bond donors (Lipinski definition) is 2. The van der Waals surface area contributed by atoms with Gasteiger partial charge in [0.25, 0.3) is 0 Å². The summed E-state index contributed by atoms with van der Waals surface area (Å²) in [5.41, 5.74) is 12.3. The molecule has 2 rings (SSSR count). The second-order valence-electron chi connectivity index (χ2n) is 5.13. The Bertz CT molecular complexity index is 756. The van der Waals surface area contributed by atoms with E-state index in [2.05, 4.69) is 0 Å². The lowest BCUT2D eigenvalue weighted by Gasteiger charge is -2.03. The van der Waals surface area contributed by atoms with E-state index in [9.17, 15) is 8.78 Å². The number of ether oxygens (including phenoxy) is 1. The molecule has 0 aromatic heterocycles. The van der Waals surface area contributed by atoms with Gasteiger partial charge in [-0.3, -0.25) is 0 Å². The third kappa shape index (κ3) is 5.46. The van der Waals surface area contributed by atoms with Crippen molar-refractivity contribution in [1.82, 2.24) is 0 Å². The summed E-state index contributed by atoms with van der Waals surface area (Å²) in [5.74, 6) is -1.10. The number of halogens is 4. The molecule has 0 aliphatic rings. The van der Waals surface area contributed by atoms with E-state index in [1.54, 1.807) is 24.3 Å². The summed E-state index contributed by atoms with van der Waals surface area (Å²) in [6, 6.07) is 5.24. The Hall–Kier alpha value is -2.08. The van der Waals surface area contributed by atoms with Gasteiger partial charge in [0.2, 0.25) is 0 Å². The molecule has 0 aliphatic heterocycles. The van der Waals surface area contributed by atoms with Crippen LogP contribution in [-0.2, 0) is 4.74 Å². The van der Waals surface area contributed by atoms with Gasteiger partial charge < -0.3 is 16.2 Å². The lowest BCUT2D eigenvalue weighted by atomic mass is 10.2. The summed E-state index contributed by atoms with van der Waals surface area (Å²) < 4.78 is 31.8. The molecule has 0 heterocycles. The van der Waals surface area contributed by atoms with Crippen LogP contribution < -0.4 is 11.5 Å². The highest BCUT2D eigenvalue weighted by molar-refractivity contribution is 6.32. The van der Waals surface area contributed by atoms with Gasteiger partial charge in [-0.15, -0.1) is 0 Å². The molecule has 0 fully saturated rings. The monoisotopic (exact) mass is 384 g/mol. The fourth-order valence-corrected chi connectivity index (χ4v) is 2.40. The lowest BCUT2D eigenvalue weighted by molar-refractivity contribution is 0.195. The van der Waals surface area contributed by atoms with Gasteiger partial charge in [0.1, 0.15) is 11.6 Å². The maximum Gasteiger partial charge on any atom is 0.147 e. The van der Waals surface area contributed by atoms with Crippen molar-refractivity contribution in [3.05, 3.63) is 69.2 Å². The quantitative estimate of drug-likeness (QED) is 0.532. The molecule has 25 heavy (non-hydrogen) atoms. The molecule has 0 spiro atoms.